The molecule has 1 heterocycles. The lowest BCUT2D eigenvalue weighted by atomic mass is 10.0. The number of amides is 2. The Morgan fingerprint density at radius 2 is 1.71 bits per heavy atom. The van der Waals surface area contributed by atoms with E-state index in [1.165, 1.54) is 12.1 Å². The Morgan fingerprint density at radius 1 is 0.971 bits per heavy atom. The monoisotopic (exact) mass is 460 g/mol. The molecule has 1 aliphatic heterocycles. The predicted molar refractivity (Wildman–Crippen MR) is 130 cm³/mol. The van der Waals surface area contributed by atoms with Crippen molar-refractivity contribution in [2.75, 3.05) is 26.7 Å². The Bertz CT molecular complexity index is 1140. The first-order valence-corrected chi connectivity index (χ1v) is 11.6. The van der Waals surface area contributed by atoms with Crippen LogP contribution in [0.25, 0.3) is 0 Å². The molecule has 0 aromatic heterocycles. The minimum absolute atomic E-state index is 0.0801. The fraction of sp³-hybridized carbons (Fsp3) is 0.286. The molecule has 0 aliphatic carbocycles. The van der Waals surface area contributed by atoms with Crippen LogP contribution in [-0.4, -0.2) is 54.4 Å². The topological polar surface area (TPSA) is 49.9 Å². The molecule has 1 atom stereocenters. The summed E-state index contributed by atoms with van der Waals surface area (Å²) in [5.74, 6) is -0.247. The normalized spacial score (nSPS) is 17.2. The average molecular weight is 461 g/mol. The first kappa shape index (κ1) is 23.5. The van der Waals surface area contributed by atoms with Gasteiger partial charge >= 0.3 is 0 Å². The molecule has 0 fully saturated rings. The van der Waals surface area contributed by atoms with Gasteiger partial charge in [0.05, 0.1) is 11.6 Å². The number of nitrogens with zero attached hydrogens (tertiary/aromatic N) is 2. The first-order valence-electron chi connectivity index (χ1n) is 11.6. The van der Waals surface area contributed by atoms with Crippen LogP contribution in [0.1, 0.15) is 39.1 Å². The van der Waals surface area contributed by atoms with Gasteiger partial charge in [-0.1, -0.05) is 48.5 Å². The van der Waals surface area contributed by atoms with Crippen molar-refractivity contribution in [3.63, 3.8) is 0 Å². The molecule has 3 aromatic carbocycles. The highest BCUT2D eigenvalue weighted by atomic mass is 19.1. The Balaban J connectivity index is 1.69. The molecule has 0 bridgehead atoms. The number of benzene rings is 3. The number of rotatable bonds is 3. The summed E-state index contributed by atoms with van der Waals surface area (Å²) in [5, 5.41) is 0. The number of fused-ring (bicyclic) bond motifs is 1. The quantitative estimate of drug-likeness (QED) is 0.563. The summed E-state index contributed by atoms with van der Waals surface area (Å²) in [6.07, 6.45) is 2.04. The number of para-hydroxylation sites is 1. The van der Waals surface area contributed by atoms with Crippen molar-refractivity contribution in [3.8, 4) is 5.75 Å². The van der Waals surface area contributed by atoms with E-state index in [0.717, 1.165) is 12.0 Å². The van der Waals surface area contributed by atoms with Crippen molar-refractivity contribution in [2.45, 2.75) is 25.3 Å². The molecule has 2 amide bonds. The highest BCUT2D eigenvalue weighted by Crippen LogP contribution is 2.23. The number of hydrogen-bond acceptors (Lipinski definition) is 3. The molecule has 0 saturated heterocycles. The summed E-state index contributed by atoms with van der Waals surface area (Å²) in [4.78, 5) is 30.0. The van der Waals surface area contributed by atoms with Gasteiger partial charge in [0.25, 0.3) is 11.8 Å². The zero-order valence-corrected chi connectivity index (χ0v) is 19.3. The van der Waals surface area contributed by atoms with Crippen molar-refractivity contribution >= 4 is 11.8 Å². The van der Waals surface area contributed by atoms with Crippen LogP contribution < -0.4 is 4.74 Å². The average Bonchev–Trinajstić information content (AvgIpc) is 2.86. The van der Waals surface area contributed by atoms with Crippen LogP contribution in [0.5, 0.6) is 5.75 Å². The van der Waals surface area contributed by atoms with E-state index in [4.69, 9.17) is 4.74 Å². The second-order valence-electron chi connectivity index (χ2n) is 8.59. The molecule has 0 spiro atoms. The van der Waals surface area contributed by atoms with Crippen molar-refractivity contribution in [1.29, 1.82) is 0 Å². The second-order valence-corrected chi connectivity index (χ2v) is 8.59. The number of carbonyl (C=O) groups is 2. The van der Waals surface area contributed by atoms with Crippen LogP contribution in [0.4, 0.5) is 4.39 Å². The molecule has 4 rings (SSSR count). The first-order chi connectivity index (χ1) is 16.5. The van der Waals surface area contributed by atoms with E-state index >= 15 is 0 Å². The van der Waals surface area contributed by atoms with Gasteiger partial charge in [0, 0.05) is 25.7 Å². The van der Waals surface area contributed by atoms with Crippen LogP contribution in [0, 0.1) is 5.82 Å². The lowest BCUT2D eigenvalue weighted by Gasteiger charge is -2.33. The maximum atomic E-state index is 13.9. The smallest absolute Gasteiger partial charge is 0.257 e. The van der Waals surface area contributed by atoms with E-state index in [1.807, 2.05) is 42.5 Å². The third kappa shape index (κ3) is 5.63. The second kappa shape index (κ2) is 11.0. The minimum atomic E-state index is -0.440. The summed E-state index contributed by atoms with van der Waals surface area (Å²) < 4.78 is 20.1. The van der Waals surface area contributed by atoms with Crippen LogP contribution in [0.2, 0.25) is 0 Å². The van der Waals surface area contributed by atoms with Crippen LogP contribution >= 0.6 is 0 Å². The van der Waals surface area contributed by atoms with Crippen molar-refractivity contribution < 1.29 is 18.7 Å². The summed E-state index contributed by atoms with van der Waals surface area (Å²) >= 11 is 0. The van der Waals surface area contributed by atoms with E-state index < -0.39 is 5.82 Å². The van der Waals surface area contributed by atoms with Crippen molar-refractivity contribution in [1.82, 2.24) is 9.80 Å². The van der Waals surface area contributed by atoms with Gasteiger partial charge in [0.2, 0.25) is 0 Å². The zero-order chi connectivity index (χ0) is 23.9. The lowest BCUT2D eigenvalue weighted by Crippen LogP contribution is -2.46. The summed E-state index contributed by atoms with van der Waals surface area (Å²) in [7, 11) is 1.78. The van der Waals surface area contributed by atoms with Crippen LogP contribution in [0.15, 0.2) is 78.9 Å². The van der Waals surface area contributed by atoms with E-state index in [-0.39, 0.29) is 24.5 Å². The molecular weight excluding hydrogens is 431 g/mol. The van der Waals surface area contributed by atoms with Gasteiger partial charge in [0.15, 0.2) is 0 Å². The fourth-order valence-electron chi connectivity index (χ4n) is 4.28. The number of carbonyl (C=O) groups excluding carboxylic acids is 2. The summed E-state index contributed by atoms with van der Waals surface area (Å²) in [5.41, 5.74) is 1.90. The fourth-order valence-corrected chi connectivity index (χ4v) is 4.28. The largest absolute Gasteiger partial charge is 0.491 e. The minimum Gasteiger partial charge on any atom is -0.491 e. The maximum Gasteiger partial charge on any atom is 0.257 e. The Morgan fingerprint density at radius 3 is 2.50 bits per heavy atom. The van der Waals surface area contributed by atoms with E-state index in [0.29, 0.717) is 42.8 Å². The van der Waals surface area contributed by atoms with Gasteiger partial charge in [-0.05, 0) is 55.2 Å². The van der Waals surface area contributed by atoms with Gasteiger partial charge in [-0.2, -0.15) is 0 Å². The molecule has 34 heavy (non-hydrogen) atoms. The maximum absolute atomic E-state index is 13.9. The standard InChI is InChI=1S/C28H29FN2O3/c1-30-16-7-8-17-31(27(32)22-12-9-13-23(29)19-22)24(18-21-10-3-2-4-11-21)20-34-26-15-6-5-14-25(26)28(30)33/h2-6,9-15,19,24H,7-8,16-18,20H2,1H3/t24-/m0/s1. The summed E-state index contributed by atoms with van der Waals surface area (Å²) in [6.45, 7) is 1.27. The van der Waals surface area contributed by atoms with E-state index in [1.54, 1.807) is 41.1 Å². The van der Waals surface area contributed by atoms with Crippen molar-refractivity contribution in [3.05, 3.63) is 101 Å². The molecule has 5 nitrogen and oxygen atoms in total. The Kier molecular flexibility index (Phi) is 7.58. The van der Waals surface area contributed by atoms with E-state index in [9.17, 15) is 14.0 Å². The highest BCUT2D eigenvalue weighted by Gasteiger charge is 2.27. The number of halogens is 1. The Hall–Kier alpha value is -3.67. The molecule has 0 saturated carbocycles. The van der Waals surface area contributed by atoms with Gasteiger partial charge < -0.3 is 14.5 Å². The SMILES string of the molecule is CN1CCCCN(C(=O)c2cccc(F)c2)[C@@H](Cc2ccccc2)COc2ccccc2C1=O. The molecule has 176 valence electrons. The summed E-state index contributed by atoms with van der Waals surface area (Å²) in [6, 6.07) is 22.6. The molecule has 0 N–H and O–H groups in total. The van der Waals surface area contributed by atoms with Gasteiger partial charge in [-0.25, -0.2) is 4.39 Å². The number of ether oxygens (including phenoxy) is 1. The number of hydrogen-bond donors (Lipinski definition) is 0. The third-order valence-electron chi connectivity index (χ3n) is 6.13. The van der Waals surface area contributed by atoms with E-state index in [2.05, 4.69) is 0 Å². The van der Waals surface area contributed by atoms with Gasteiger partial charge in [0.1, 0.15) is 18.2 Å². The molecule has 3 aromatic rings. The molecule has 6 heteroatoms. The lowest BCUT2D eigenvalue weighted by molar-refractivity contribution is 0.0590. The highest BCUT2D eigenvalue weighted by molar-refractivity contribution is 5.97. The van der Waals surface area contributed by atoms with Crippen molar-refractivity contribution in [2.24, 2.45) is 0 Å². The zero-order valence-electron chi connectivity index (χ0n) is 19.3. The van der Waals surface area contributed by atoms with Crippen LogP contribution in [0.3, 0.4) is 0 Å². The molecule has 0 unspecified atom stereocenters. The Labute approximate surface area is 199 Å². The predicted octanol–water partition coefficient (Wildman–Crippen LogP) is 4.82. The molecule has 1 aliphatic rings. The molecular formula is C28H29FN2O3. The third-order valence-corrected chi connectivity index (χ3v) is 6.13. The van der Waals surface area contributed by atoms with Gasteiger partial charge in [-0.3, -0.25) is 9.59 Å². The van der Waals surface area contributed by atoms with Crippen LogP contribution in [-0.2, 0) is 6.42 Å². The van der Waals surface area contributed by atoms with Gasteiger partial charge in [-0.15, -0.1) is 0 Å². The molecule has 0 radical (unpaired) electrons.